The van der Waals surface area contributed by atoms with E-state index in [-0.39, 0.29) is 11.8 Å². The number of benzene rings is 2. The molecule has 3 heteroatoms. The Morgan fingerprint density at radius 1 is 0.962 bits per heavy atom. The molecule has 0 spiro atoms. The molecule has 2 aromatic carbocycles. The summed E-state index contributed by atoms with van der Waals surface area (Å²) in [6, 6.07) is 24.8. The smallest absolute Gasteiger partial charge is 0.223 e. The van der Waals surface area contributed by atoms with Gasteiger partial charge >= 0.3 is 0 Å². The molecule has 1 aliphatic heterocycles. The normalized spacial score (nSPS) is 16.2. The Balaban J connectivity index is 1.54. The SMILES string of the molecule is O=C(CCc1ccccn1)N1Cc2ccccc2[C@@H](c2ccccc2)C1. The second kappa shape index (κ2) is 7.52. The van der Waals surface area contributed by atoms with Crippen molar-refractivity contribution in [1.29, 1.82) is 0 Å². The number of aryl methyl sites for hydroxylation is 1. The number of amides is 1. The minimum absolute atomic E-state index is 0.200. The summed E-state index contributed by atoms with van der Waals surface area (Å²) < 4.78 is 0. The molecular weight excluding hydrogens is 320 g/mol. The molecule has 1 amide bonds. The van der Waals surface area contributed by atoms with Crippen LogP contribution in [0.15, 0.2) is 79.0 Å². The Morgan fingerprint density at radius 3 is 2.54 bits per heavy atom. The second-order valence-corrected chi connectivity index (χ2v) is 6.76. The van der Waals surface area contributed by atoms with Gasteiger partial charge in [-0.15, -0.1) is 0 Å². The minimum Gasteiger partial charge on any atom is -0.337 e. The van der Waals surface area contributed by atoms with Crippen LogP contribution < -0.4 is 0 Å². The predicted molar refractivity (Wildman–Crippen MR) is 103 cm³/mol. The van der Waals surface area contributed by atoms with Gasteiger partial charge in [-0.3, -0.25) is 9.78 Å². The third-order valence-corrected chi connectivity index (χ3v) is 5.07. The lowest BCUT2D eigenvalue weighted by atomic mass is 9.84. The maximum Gasteiger partial charge on any atom is 0.223 e. The highest BCUT2D eigenvalue weighted by Gasteiger charge is 2.28. The van der Waals surface area contributed by atoms with Gasteiger partial charge in [0.2, 0.25) is 5.91 Å². The van der Waals surface area contributed by atoms with Crippen molar-refractivity contribution >= 4 is 5.91 Å². The average molecular weight is 342 g/mol. The van der Waals surface area contributed by atoms with Crippen molar-refractivity contribution in [2.24, 2.45) is 0 Å². The standard InChI is InChI=1S/C23H22N2O/c26-23(14-13-20-11-6-7-15-24-20)25-16-19-10-4-5-12-21(19)22(17-25)18-8-2-1-3-9-18/h1-12,15,22H,13-14,16-17H2/t22-/m1/s1. The lowest BCUT2D eigenvalue weighted by Gasteiger charge is -2.35. The monoisotopic (exact) mass is 342 g/mol. The van der Waals surface area contributed by atoms with E-state index >= 15 is 0 Å². The fourth-order valence-corrected chi connectivity index (χ4v) is 3.71. The molecular formula is C23H22N2O. The van der Waals surface area contributed by atoms with Crippen LogP contribution in [-0.4, -0.2) is 22.3 Å². The van der Waals surface area contributed by atoms with Crippen LogP contribution in [0.4, 0.5) is 0 Å². The van der Waals surface area contributed by atoms with Crippen LogP contribution in [0.3, 0.4) is 0 Å². The number of carbonyl (C=O) groups excluding carboxylic acids is 1. The fraction of sp³-hybridized carbons (Fsp3) is 0.217. The highest BCUT2D eigenvalue weighted by atomic mass is 16.2. The molecule has 0 aliphatic carbocycles. The van der Waals surface area contributed by atoms with Gasteiger partial charge < -0.3 is 4.90 Å². The van der Waals surface area contributed by atoms with E-state index in [1.54, 1.807) is 6.20 Å². The van der Waals surface area contributed by atoms with E-state index in [0.29, 0.717) is 19.4 Å². The molecule has 26 heavy (non-hydrogen) atoms. The summed E-state index contributed by atoms with van der Waals surface area (Å²) in [5.41, 5.74) is 4.83. The van der Waals surface area contributed by atoms with Crippen molar-refractivity contribution < 1.29 is 4.79 Å². The predicted octanol–water partition coefficient (Wildman–Crippen LogP) is 4.19. The summed E-state index contributed by atoms with van der Waals surface area (Å²) >= 11 is 0. The van der Waals surface area contributed by atoms with E-state index in [0.717, 1.165) is 12.2 Å². The molecule has 130 valence electrons. The van der Waals surface area contributed by atoms with E-state index in [9.17, 15) is 4.79 Å². The van der Waals surface area contributed by atoms with Crippen LogP contribution in [0.2, 0.25) is 0 Å². The number of rotatable bonds is 4. The quantitative estimate of drug-likeness (QED) is 0.712. The summed E-state index contributed by atoms with van der Waals surface area (Å²) in [5, 5.41) is 0. The molecule has 2 heterocycles. The zero-order valence-electron chi connectivity index (χ0n) is 14.7. The molecule has 0 saturated carbocycles. The number of hydrogen-bond donors (Lipinski definition) is 0. The second-order valence-electron chi connectivity index (χ2n) is 6.76. The highest BCUT2D eigenvalue weighted by Crippen LogP contribution is 2.33. The lowest BCUT2D eigenvalue weighted by molar-refractivity contribution is -0.132. The summed E-state index contributed by atoms with van der Waals surface area (Å²) in [5.74, 6) is 0.436. The van der Waals surface area contributed by atoms with Gasteiger partial charge in [0.05, 0.1) is 0 Å². The van der Waals surface area contributed by atoms with E-state index < -0.39 is 0 Å². The van der Waals surface area contributed by atoms with Crippen LogP contribution in [-0.2, 0) is 17.8 Å². The first-order chi connectivity index (χ1) is 12.8. The number of hydrogen-bond acceptors (Lipinski definition) is 2. The zero-order valence-corrected chi connectivity index (χ0v) is 14.7. The Bertz CT molecular complexity index is 877. The van der Waals surface area contributed by atoms with Gasteiger partial charge in [-0.2, -0.15) is 0 Å². The van der Waals surface area contributed by atoms with Gasteiger partial charge in [-0.25, -0.2) is 0 Å². The zero-order chi connectivity index (χ0) is 17.8. The molecule has 0 unspecified atom stereocenters. The van der Waals surface area contributed by atoms with Gasteiger partial charge in [0.1, 0.15) is 0 Å². The van der Waals surface area contributed by atoms with Gasteiger partial charge in [-0.1, -0.05) is 60.7 Å². The van der Waals surface area contributed by atoms with Crippen molar-refractivity contribution in [2.75, 3.05) is 6.54 Å². The van der Waals surface area contributed by atoms with Crippen molar-refractivity contribution in [2.45, 2.75) is 25.3 Å². The number of fused-ring (bicyclic) bond motifs is 1. The minimum atomic E-state index is 0.200. The Hall–Kier alpha value is -2.94. The third-order valence-electron chi connectivity index (χ3n) is 5.07. The Kier molecular flexibility index (Phi) is 4.78. The summed E-state index contributed by atoms with van der Waals surface area (Å²) in [6.45, 7) is 1.43. The summed E-state index contributed by atoms with van der Waals surface area (Å²) in [4.78, 5) is 19.2. The van der Waals surface area contributed by atoms with E-state index in [4.69, 9.17) is 0 Å². The topological polar surface area (TPSA) is 33.2 Å². The van der Waals surface area contributed by atoms with Crippen LogP contribution in [0.25, 0.3) is 0 Å². The molecule has 0 bridgehead atoms. The first-order valence-corrected chi connectivity index (χ1v) is 9.11. The van der Waals surface area contributed by atoms with Gasteiger partial charge in [0.25, 0.3) is 0 Å². The maximum absolute atomic E-state index is 12.9. The van der Waals surface area contributed by atoms with Crippen molar-refractivity contribution in [3.63, 3.8) is 0 Å². The molecule has 0 radical (unpaired) electrons. The van der Waals surface area contributed by atoms with Crippen LogP contribution in [0.1, 0.15) is 34.7 Å². The molecule has 0 saturated heterocycles. The fourth-order valence-electron chi connectivity index (χ4n) is 3.71. The first kappa shape index (κ1) is 16.5. The van der Waals surface area contributed by atoms with Crippen molar-refractivity contribution in [3.05, 3.63) is 101 Å². The van der Waals surface area contributed by atoms with Crippen molar-refractivity contribution in [1.82, 2.24) is 9.88 Å². The average Bonchev–Trinajstić information content (AvgIpc) is 2.72. The molecule has 4 rings (SSSR count). The Morgan fingerprint density at radius 2 is 1.73 bits per heavy atom. The van der Waals surface area contributed by atoms with E-state index in [2.05, 4.69) is 53.5 Å². The molecule has 3 nitrogen and oxygen atoms in total. The van der Waals surface area contributed by atoms with E-state index in [1.807, 2.05) is 29.2 Å². The van der Waals surface area contributed by atoms with Gasteiger partial charge in [0, 0.05) is 37.3 Å². The van der Waals surface area contributed by atoms with Crippen LogP contribution in [0, 0.1) is 0 Å². The highest BCUT2D eigenvalue weighted by molar-refractivity contribution is 5.77. The summed E-state index contributed by atoms with van der Waals surface area (Å²) in [7, 11) is 0. The first-order valence-electron chi connectivity index (χ1n) is 9.11. The molecule has 0 N–H and O–H groups in total. The van der Waals surface area contributed by atoms with Crippen LogP contribution in [0.5, 0.6) is 0 Å². The number of nitrogens with zero attached hydrogens (tertiary/aromatic N) is 2. The molecule has 1 atom stereocenters. The number of aromatic nitrogens is 1. The molecule has 0 fully saturated rings. The lowest BCUT2D eigenvalue weighted by Crippen LogP contribution is -2.38. The molecule has 3 aromatic rings. The maximum atomic E-state index is 12.9. The third kappa shape index (κ3) is 3.52. The Labute approximate surface area is 154 Å². The van der Waals surface area contributed by atoms with Gasteiger partial charge in [0.15, 0.2) is 0 Å². The van der Waals surface area contributed by atoms with Crippen LogP contribution >= 0.6 is 0 Å². The van der Waals surface area contributed by atoms with Crippen molar-refractivity contribution in [3.8, 4) is 0 Å². The molecule has 1 aliphatic rings. The number of carbonyl (C=O) groups is 1. The largest absolute Gasteiger partial charge is 0.337 e. The van der Waals surface area contributed by atoms with Gasteiger partial charge in [-0.05, 0) is 35.2 Å². The molecule has 1 aromatic heterocycles. The summed E-state index contributed by atoms with van der Waals surface area (Å²) in [6.07, 6.45) is 2.97. The number of pyridine rings is 1. The van der Waals surface area contributed by atoms with E-state index in [1.165, 1.54) is 16.7 Å².